The number of amidine groups is 1. The molecule has 3 rings (SSSR count). The van der Waals surface area contributed by atoms with Gasteiger partial charge in [-0.15, -0.1) is 0 Å². The number of allylic oxidation sites excluding steroid dienone is 3. The van der Waals surface area contributed by atoms with Crippen molar-refractivity contribution in [3.05, 3.63) is 78.5 Å². The standard InChI is InChI=1S/C19H23N5.C4H5N/c1-5-10-20-19(24-18-8-6-14(2)7-9-18)16(4)21-11-15(3)17-12-22-23-13-17;1-2-4-5-3-1/h5-13H,1-4H3,(H,20,24)(H,22,23);1,3-4H,2H2/b10-5-,15-11+,21-16?;. The number of aromatic nitrogens is 2. The molecule has 2 heterocycles. The average molecular weight is 389 g/mol. The summed E-state index contributed by atoms with van der Waals surface area (Å²) in [5.74, 6) is 0.716. The Hall–Kier alpha value is -3.54. The van der Waals surface area contributed by atoms with Gasteiger partial charge in [0.25, 0.3) is 0 Å². The van der Waals surface area contributed by atoms with E-state index >= 15 is 0 Å². The van der Waals surface area contributed by atoms with Crippen molar-refractivity contribution in [1.82, 2.24) is 10.2 Å². The molecule has 2 aromatic rings. The zero-order valence-corrected chi connectivity index (χ0v) is 17.4. The summed E-state index contributed by atoms with van der Waals surface area (Å²) in [4.78, 5) is 12.8. The quantitative estimate of drug-likeness (QED) is 0.520. The first-order valence-electron chi connectivity index (χ1n) is 9.50. The zero-order chi connectivity index (χ0) is 20.9. The van der Waals surface area contributed by atoms with Gasteiger partial charge < -0.3 is 5.32 Å². The lowest BCUT2D eigenvalue weighted by Crippen LogP contribution is -2.20. The van der Waals surface area contributed by atoms with Crippen LogP contribution in [-0.2, 0) is 0 Å². The number of aromatic amines is 1. The summed E-state index contributed by atoms with van der Waals surface area (Å²) in [7, 11) is 0. The van der Waals surface area contributed by atoms with Gasteiger partial charge in [0.05, 0.1) is 11.9 Å². The van der Waals surface area contributed by atoms with Crippen molar-refractivity contribution in [1.29, 1.82) is 0 Å². The molecular formula is C23H28N6. The van der Waals surface area contributed by atoms with E-state index < -0.39 is 0 Å². The Morgan fingerprint density at radius 1 is 1.17 bits per heavy atom. The van der Waals surface area contributed by atoms with Crippen LogP contribution in [0.25, 0.3) is 5.57 Å². The number of aryl methyl sites for hydroxylation is 1. The smallest absolute Gasteiger partial charge is 0.151 e. The normalized spacial score (nSPS) is 14.3. The Morgan fingerprint density at radius 2 is 1.97 bits per heavy atom. The molecule has 2 N–H and O–H groups in total. The van der Waals surface area contributed by atoms with E-state index in [1.165, 1.54) is 5.56 Å². The first-order valence-corrected chi connectivity index (χ1v) is 9.50. The lowest BCUT2D eigenvalue weighted by molar-refractivity contribution is 1.09. The maximum Gasteiger partial charge on any atom is 0.151 e. The van der Waals surface area contributed by atoms with Gasteiger partial charge in [0.1, 0.15) is 0 Å². The maximum atomic E-state index is 4.53. The molecule has 0 bridgehead atoms. The van der Waals surface area contributed by atoms with Crippen molar-refractivity contribution in [2.75, 3.05) is 5.32 Å². The van der Waals surface area contributed by atoms with Gasteiger partial charge in [-0.2, -0.15) is 5.10 Å². The summed E-state index contributed by atoms with van der Waals surface area (Å²) < 4.78 is 0. The van der Waals surface area contributed by atoms with E-state index in [1.54, 1.807) is 18.6 Å². The van der Waals surface area contributed by atoms with Gasteiger partial charge >= 0.3 is 0 Å². The van der Waals surface area contributed by atoms with Crippen LogP contribution in [0.15, 0.2) is 82.4 Å². The molecule has 0 unspecified atom stereocenters. The van der Waals surface area contributed by atoms with Gasteiger partial charge in [-0.25, -0.2) is 4.99 Å². The van der Waals surface area contributed by atoms with Crippen LogP contribution in [0.3, 0.4) is 0 Å². The van der Waals surface area contributed by atoms with Crippen LogP contribution >= 0.6 is 0 Å². The number of nitrogens with zero attached hydrogens (tertiary/aromatic N) is 4. The first kappa shape index (κ1) is 21.8. The largest absolute Gasteiger partial charge is 0.339 e. The van der Waals surface area contributed by atoms with E-state index in [0.29, 0.717) is 5.84 Å². The molecule has 29 heavy (non-hydrogen) atoms. The third-order valence-corrected chi connectivity index (χ3v) is 3.95. The van der Waals surface area contributed by atoms with E-state index in [1.807, 2.05) is 63.7 Å². The Morgan fingerprint density at radius 3 is 2.52 bits per heavy atom. The highest BCUT2D eigenvalue weighted by atomic mass is 15.1. The van der Waals surface area contributed by atoms with Gasteiger partial charge in [-0.3, -0.25) is 15.1 Å². The minimum absolute atomic E-state index is 0.716. The SMILES string of the molecule is C/C=C\N=C(Nc1ccc(C)cc1)C(C)=N/C=C(\C)c1cn[nH]c1.C1=CN=CC1. The van der Waals surface area contributed by atoms with Crippen molar-refractivity contribution in [2.45, 2.75) is 34.1 Å². The third kappa shape index (κ3) is 7.92. The molecule has 0 saturated carbocycles. The number of nitrogens with one attached hydrogen (secondary N) is 2. The second-order valence-electron chi connectivity index (χ2n) is 6.42. The van der Waals surface area contributed by atoms with E-state index in [4.69, 9.17) is 0 Å². The van der Waals surface area contributed by atoms with Crippen molar-refractivity contribution in [2.24, 2.45) is 15.0 Å². The minimum atomic E-state index is 0.716. The Kier molecular flexibility index (Phi) is 9.02. The molecule has 0 spiro atoms. The molecule has 1 aliphatic rings. The van der Waals surface area contributed by atoms with Gasteiger partial charge in [-0.1, -0.05) is 29.8 Å². The van der Waals surface area contributed by atoms with Crippen molar-refractivity contribution in [3.63, 3.8) is 0 Å². The monoisotopic (exact) mass is 388 g/mol. The van der Waals surface area contributed by atoms with Gasteiger partial charge in [-0.05, 0) is 45.4 Å². The van der Waals surface area contributed by atoms with E-state index in [2.05, 4.69) is 49.5 Å². The van der Waals surface area contributed by atoms with Crippen LogP contribution in [-0.4, -0.2) is 28.0 Å². The molecule has 1 aromatic carbocycles. The van der Waals surface area contributed by atoms with Gasteiger partial charge in [0.2, 0.25) is 0 Å². The fraction of sp³-hybridized carbons (Fsp3) is 0.217. The summed E-state index contributed by atoms with van der Waals surface area (Å²) in [6, 6.07) is 8.18. The topological polar surface area (TPSA) is 77.8 Å². The molecule has 0 aliphatic carbocycles. The van der Waals surface area contributed by atoms with Crippen molar-refractivity contribution < 1.29 is 0 Å². The summed E-state index contributed by atoms with van der Waals surface area (Å²) in [5.41, 5.74) is 5.05. The lowest BCUT2D eigenvalue weighted by Gasteiger charge is -2.09. The number of rotatable bonds is 5. The number of benzene rings is 1. The molecule has 0 atom stereocenters. The van der Waals surface area contributed by atoms with Gasteiger partial charge in [0, 0.05) is 48.7 Å². The fourth-order valence-electron chi connectivity index (χ4n) is 2.24. The number of hydrogen-bond donors (Lipinski definition) is 2. The molecule has 6 heteroatoms. The van der Waals surface area contributed by atoms with Crippen LogP contribution in [0.2, 0.25) is 0 Å². The predicted molar refractivity (Wildman–Crippen MR) is 125 cm³/mol. The molecule has 1 aromatic heterocycles. The Balaban J connectivity index is 0.000000521. The van der Waals surface area contributed by atoms with Crippen molar-refractivity contribution in [3.8, 4) is 0 Å². The molecule has 0 radical (unpaired) electrons. The highest BCUT2D eigenvalue weighted by Gasteiger charge is 2.04. The molecule has 0 fully saturated rings. The van der Waals surface area contributed by atoms with Crippen LogP contribution < -0.4 is 5.32 Å². The van der Waals surface area contributed by atoms with Crippen molar-refractivity contribution >= 4 is 29.0 Å². The average Bonchev–Trinajstić information content (AvgIpc) is 3.47. The minimum Gasteiger partial charge on any atom is -0.339 e. The Bertz CT molecular complexity index is 916. The highest BCUT2D eigenvalue weighted by molar-refractivity contribution is 6.45. The summed E-state index contributed by atoms with van der Waals surface area (Å²) in [6.07, 6.45) is 15.8. The summed E-state index contributed by atoms with van der Waals surface area (Å²) >= 11 is 0. The van der Waals surface area contributed by atoms with Crippen LogP contribution in [0, 0.1) is 6.92 Å². The second-order valence-corrected chi connectivity index (χ2v) is 6.42. The fourth-order valence-corrected chi connectivity index (χ4v) is 2.24. The molecule has 0 saturated heterocycles. The number of H-pyrrole nitrogens is 1. The van der Waals surface area contributed by atoms with Crippen LogP contribution in [0.4, 0.5) is 5.69 Å². The second kappa shape index (κ2) is 12.0. The van der Waals surface area contributed by atoms with E-state index in [-0.39, 0.29) is 0 Å². The number of aliphatic imine (C=N–C) groups is 3. The Labute approximate surface area is 172 Å². The zero-order valence-electron chi connectivity index (χ0n) is 17.4. The molecule has 6 nitrogen and oxygen atoms in total. The number of anilines is 1. The van der Waals surface area contributed by atoms with Gasteiger partial charge in [0.15, 0.2) is 5.84 Å². The summed E-state index contributed by atoms with van der Waals surface area (Å²) in [6.45, 7) is 7.93. The predicted octanol–water partition coefficient (Wildman–Crippen LogP) is 5.56. The van der Waals surface area contributed by atoms with Crippen LogP contribution in [0.1, 0.15) is 38.3 Å². The third-order valence-electron chi connectivity index (χ3n) is 3.95. The number of hydrogen-bond acceptors (Lipinski definition) is 4. The summed E-state index contributed by atoms with van der Waals surface area (Å²) in [5, 5.41) is 10.1. The van der Waals surface area contributed by atoms with Crippen LogP contribution in [0.5, 0.6) is 0 Å². The molecule has 1 aliphatic heterocycles. The highest BCUT2D eigenvalue weighted by Crippen LogP contribution is 2.12. The molecule has 0 amide bonds. The van der Waals surface area contributed by atoms with E-state index in [0.717, 1.165) is 29.0 Å². The maximum absolute atomic E-state index is 4.53. The molecular weight excluding hydrogens is 360 g/mol. The lowest BCUT2D eigenvalue weighted by atomic mass is 10.2. The first-order chi connectivity index (χ1) is 14.1. The molecule has 150 valence electrons. The van der Waals surface area contributed by atoms with E-state index in [9.17, 15) is 0 Å².